The smallest absolute Gasteiger partial charge is 0.154 e. The molecule has 1 aromatic heterocycles. The summed E-state index contributed by atoms with van der Waals surface area (Å²) in [7, 11) is 0. The van der Waals surface area contributed by atoms with Gasteiger partial charge in [-0.1, -0.05) is 48.2 Å². The van der Waals surface area contributed by atoms with Crippen molar-refractivity contribution < 1.29 is 0 Å². The van der Waals surface area contributed by atoms with Crippen LogP contribution in [0.4, 0.5) is 0 Å². The van der Waals surface area contributed by atoms with Crippen molar-refractivity contribution in [2.75, 3.05) is 5.75 Å². The summed E-state index contributed by atoms with van der Waals surface area (Å²) in [5, 5.41) is 1.92. The number of amidine groups is 1. The molecule has 4 rings (SSSR count). The Balaban J connectivity index is 1.78. The zero-order valence-corrected chi connectivity index (χ0v) is 13.9. The van der Waals surface area contributed by atoms with Crippen LogP contribution in [0.1, 0.15) is 18.9 Å². The van der Waals surface area contributed by atoms with Crippen LogP contribution < -0.4 is 5.73 Å². The molecule has 0 aliphatic carbocycles. The van der Waals surface area contributed by atoms with Crippen molar-refractivity contribution in [2.45, 2.75) is 18.9 Å². The van der Waals surface area contributed by atoms with Gasteiger partial charge in [0.05, 0.1) is 5.54 Å². The SMILES string of the molecule is C[C@@]1(c2cccc(-c3cc4ccccc4[nH]3)c2)CCSC(N)=N1. The third kappa shape index (κ3) is 2.63. The molecule has 0 unspecified atom stereocenters. The Morgan fingerprint density at radius 3 is 2.83 bits per heavy atom. The van der Waals surface area contributed by atoms with Gasteiger partial charge in [-0.25, -0.2) is 0 Å². The number of aromatic nitrogens is 1. The van der Waals surface area contributed by atoms with E-state index in [2.05, 4.69) is 66.5 Å². The number of benzene rings is 2. The summed E-state index contributed by atoms with van der Waals surface area (Å²) in [6.45, 7) is 2.17. The number of nitrogens with one attached hydrogen (secondary N) is 1. The molecule has 0 fully saturated rings. The summed E-state index contributed by atoms with van der Waals surface area (Å²) >= 11 is 1.64. The van der Waals surface area contributed by atoms with Crippen molar-refractivity contribution >= 4 is 27.8 Å². The van der Waals surface area contributed by atoms with Gasteiger partial charge in [-0.2, -0.15) is 0 Å². The number of nitrogens with two attached hydrogens (primary N) is 1. The minimum Gasteiger partial charge on any atom is -0.379 e. The number of hydrogen-bond acceptors (Lipinski definition) is 3. The van der Waals surface area contributed by atoms with E-state index in [1.54, 1.807) is 11.8 Å². The van der Waals surface area contributed by atoms with Gasteiger partial charge in [-0.05, 0) is 42.7 Å². The number of H-pyrrole nitrogens is 1. The van der Waals surface area contributed by atoms with Gasteiger partial charge in [-0.15, -0.1) is 0 Å². The predicted molar refractivity (Wildman–Crippen MR) is 99.8 cm³/mol. The highest BCUT2D eigenvalue weighted by atomic mass is 32.2. The Morgan fingerprint density at radius 2 is 2.00 bits per heavy atom. The largest absolute Gasteiger partial charge is 0.379 e. The molecule has 0 spiro atoms. The molecule has 2 aromatic carbocycles. The number of aliphatic imine (C=N–C) groups is 1. The van der Waals surface area contributed by atoms with E-state index in [9.17, 15) is 0 Å². The molecule has 0 saturated carbocycles. The molecule has 2 heterocycles. The monoisotopic (exact) mass is 321 g/mol. The number of thioether (sulfide) groups is 1. The van der Waals surface area contributed by atoms with Crippen LogP contribution in [0.3, 0.4) is 0 Å². The zero-order chi connectivity index (χ0) is 15.9. The van der Waals surface area contributed by atoms with E-state index in [1.807, 2.05) is 0 Å². The fraction of sp³-hybridized carbons (Fsp3) is 0.211. The first-order valence-electron chi connectivity index (χ1n) is 7.81. The lowest BCUT2D eigenvalue weighted by Crippen LogP contribution is -2.28. The van der Waals surface area contributed by atoms with E-state index in [0.29, 0.717) is 5.17 Å². The van der Waals surface area contributed by atoms with Gasteiger partial charge in [0.25, 0.3) is 0 Å². The molecule has 0 saturated heterocycles. The minimum absolute atomic E-state index is 0.225. The van der Waals surface area contributed by atoms with Crippen LogP contribution in [0.15, 0.2) is 59.6 Å². The van der Waals surface area contributed by atoms with Crippen molar-refractivity contribution in [3.05, 3.63) is 60.2 Å². The second kappa shape index (κ2) is 5.46. The highest BCUT2D eigenvalue weighted by molar-refractivity contribution is 8.13. The minimum atomic E-state index is -0.225. The number of hydrogen-bond donors (Lipinski definition) is 2. The summed E-state index contributed by atoms with van der Waals surface area (Å²) in [4.78, 5) is 8.21. The molecule has 1 aliphatic rings. The van der Waals surface area contributed by atoms with Crippen LogP contribution in [0, 0.1) is 0 Å². The Labute approximate surface area is 140 Å². The zero-order valence-electron chi connectivity index (χ0n) is 13.0. The Morgan fingerprint density at radius 1 is 1.13 bits per heavy atom. The summed E-state index contributed by atoms with van der Waals surface area (Å²) in [6.07, 6.45) is 1.01. The van der Waals surface area contributed by atoms with Gasteiger partial charge in [0.15, 0.2) is 5.17 Å². The Bertz CT molecular complexity index is 863. The maximum Gasteiger partial charge on any atom is 0.154 e. The van der Waals surface area contributed by atoms with Gasteiger partial charge in [0.1, 0.15) is 0 Å². The van der Waals surface area contributed by atoms with Gasteiger partial charge in [-0.3, -0.25) is 4.99 Å². The van der Waals surface area contributed by atoms with Crippen molar-refractivity contribution in [3.8, 4) is 11.3 Å². The van der Waals surface area contributed by atoms with Crippen LogP contribution in [0.25, 0.3) is 22.2 Å². The third-order valence-corrected chi connectivity index (χ3v) is 5.32. The van der Waals surface area contributed by atoms with E-state index in [-0.39, 0.29) is 5.54 Å². The van der Waals surface area contributed by atoms with E-state index < -0.39 is 0 Å². The molecule has 23 heavy (non-hydrogen) atoms. The van der Waals surface area contributed by atoms with E-state index in [1.165, 1.54) is 16.5 Å². The van der Waals surface area contributed by atoms with Crippen molar-refractivity contribution in [1.29, 1.82) is 0 Å². The Hall–Kier alpha value is -2.20. The van der Waals surface area contributed by atoms with Gasteiger partial charge < -0.3 is 10.7 Å². The van der Waals surface area contributed by atoms with Crippen LogP contribution in [-0.2, 0) is 5.54 Å². The molecule has 0 amide bonds. The molecule has 1 atom stereocenters. The standard InChI is InChI=1S/C19H19N3S/c1-19(9-10-23-18(20)22-19)15-7-4-6-13(11-15)17-12-14-5-2-3-8-16(14)21-17/h2-8,11-12,21H,9-10H2,1H3,(H2,20,22)/t19-/m0/s1. The van der Waals surface area contributed by atoms with Gasteiger partial charge in [0, 0.05) is 22.3 Å². The molecular formula is C19H19N3S. The maximum absolute atomic E-state index is 5.95. The van der Waals surface area contributed by atoms with Gasteiger partial charge in [0.2, 0.25) is 0 Å². The van der Waals surface area contributed by atoms with E-state index in [4.69, 9.17) is 10.7 Å². The van der Waals surface area contributed by atoms with Gasteiger partial charge >= 0.3 is 0 Å². The molecule has 3 N–H and O–H groups in total. The lowest BCUT2D eigenvalue weighted by Gasteiger charge is -2.30. The summed E-state index contributed by atoms with van der Waals surface area (Å²) < 4.78 is 0. The first kappa shape index (κ1) is 14.4. The number of nitrogens with zero attached hydrogens (tertiary/aromatic N) is 1. The van der Waals surface area contributed by atoms with Crippen LogP contribution in [0.5, 0.6) is 0 Å². The molecule has 3 aromatic rings. The molecule has 116 valence electrons. The van der Waals surface area contributed by atoms with Crippen LogP contribution >= 0.6 is 11.8 Å². The molecule has 4 heteroatoms. The first-order valence-corrected chi connectivity index (χ1v) is 8.79. The maximum atomic E-state index is 5.95. The topological polar surface area (TPSA) is 54.2 Å². The lowest BCUT2D eigenvalue weighted by atomic mass is 9.88. The van der Waals surface area contributed by atoms with E-state index in [0.717, 1.165) is 23.4 Å². The van der Waals surface area contributed by atoms with Crippen molar-refractivity contribution in [1.82, 2.24) is 4.98 Å². The van der Waals surface area contributed by atoms with Crippen LogP contribution in [-0.4, -0.2) is 15.9 Å². The normalized spacial score (nSPS) is 21.3. The first-order chi connectivity index (χ1) is 11.1. The lowest BCUT2D eigenvalue weighted by molar-refractivity contribution is 0.482. The average Bonchev–Trinajstić information content (AvgIpc) is 2.99. The third-order valence-electron chi connectivity index (χ3n) is 4.52. The second-order valence-electron chi connectivity index (χ2n) is 6.17. The van der Waals surface area contributed by atoms with Crippen LogP contribution in [0.2, 0.25) is 0 Å². The number of aromatic amines is 1. The molecule has 1 aliphatic heterocycles. The molecular weight excluding hydrogens is 302 g/mol. The average molecular weight is 321 g/mol. The number of rotatable bonds is 2. The molecule has 0 bridgehead atoms. The van der Waals surface area contributed by atoms with Crippen molar-refractivity contribution in [3.63, 3.8) is 0 Å². The highest BCUT2D eigenvalue weighted by Crippen LogP contribution is 2.36. The number of fused-ring (bicyclic) bond motifs is 1. The molecule has 3 nitrogen and oxygen atoms in total. The second-order valence-corrected chi connectivity index (χ2v) is 7.29. The fourth-order valence-corrected chi connectivity index (χ4v) is 4.12. The fourth-order valence-electron chi connectivity index (χ4n) is 3.15. The quantitative estimate of drug-likeness (QED) is 0.730. The van der Waals surface area contributed by atoms with Crippen molar-refractivity contribution in [2.24, 2.45) is 10.7 Å². The predicted octanol–water partition coefficient (Wildman–Crippen LogP) is 4.50. The Kier molecular flexibility index (Phi) is 3.42. The number of para-hydroxylation sites is 1. The highest BCUT2D eigenvalue weighted by Gasteiger charge is 2.29. The summed E-state index contributed by atoms with van der Waals surface area (Å²) in [6, 6.07) is 19.2. The summed E-state index contributed by atoms with van der Waals surface area (Å²) in [5.74, 6) is 1.02. The summed E-state index contributed by atoms with van der Waals surface area (Å²) in [5.41, 5.74) is 10.4. The van der Waals surface area contributed by atoms with E-state index >= 15 is 0 Å². The molecule has 0 radical (unpaired) electrons.